The second-order valence-electron chi connectivity index (χ2n) is 6.42. The van der Waals surface area contributed by atoms with Crippen LogP contribution in [0.2, 0.25) is 0 Å². The number of carbonyl (C=O) groups is 1. The number of fused-ring (bicyclic) bond motifs is 1. The van der Waals surface area contributed by atoms with Crippen LogP contribution < -0.4 is 10.2 Å². The van der Waals surface area contributed by atoms with Gasteiger partial charge in [-0.2, -0.15) is 0 Å². The topological polar surface area (TPSA) is 91.3 Å². The van der Waals surface area contributed by atoms with Crippen LogP contribution in [0.3, 0.4) is 0 Å². The number of sulfonamides is 1. The number of benzene rings is 1. The number of anilines is 2. The van der Waals surface area contributed by atoms with Crippen LogP contribution in [0.15, 0.2) is 52.6 Å². The second kappa shape index (κ2) is 7.16. The van der Waals surface area contributed by atoms with Gasteiger partial charge in [-0.3, -0.25) is 4.79 Å². The van der Waals surface area contributed by atoms with Crippen LogP contribution in [0.4, 0.5) is 11.4 Å². The summed E-state index contributed by atoms with van der Waals surface area (Å²) < 4.78 is 32.7. The summed E-state index contributed by atoms with van der Waals surface area (Å²) in [5, 5.41) is 2.82. The van der Waals surface area contributed by atoms with Crippen molar-refractivity contribution >= 4 is 33.1 Å². The zero-order chi connectivity index (χ0) is 18.9. The lowest BCUT2D eigenvalue weighted by molar-refractivity contribution is -0.112. The van der Waals surface area contributed by atoms with Crippen molar-refractivity contribution in [2.75, 3.05) is 48.8 Å². The van der Waals surface area contributed by atoms with Crippen molar-refractivity contribution < 1.29 is 17.9 Å². The minimum atomic E-state index is -3.53. The van der Waals surface area contributed by atoms with E-state index in [1.54, 1.807) is 23.3 Å². The highest BCUT2D eigenvalue weighted by atomic mass is 32.2. The van der Waals surface area contributed by atoms with Crippen molar-refractivity contribution in [3.8, 4) is 0 Å². The van der Waals surface area contributed by atoms with Gasteiger partial charge in [-0.25, -0.2) is 8.42 Å². The van der Waals surface area contributed by atoms with Gasteiger partial charge in [0.2, 0.25) is 0 Å². The third kappa shape index (κ3) is 3.88. The molecule has 1 amide bonds. The molecule has 9 heteroatoms. The van der Waals surface area contributed by atoms with E-state index in [2.05, 4.69) is 14.6 Å². The average molecular weight is 388 g/mol. The number of hydrogen-bond donors (Lipinski definition) is 1. The highest BCUT2D eigenvalue weighted by molar-refractivity contribution is 7.90. The number of rotatable bonds is 3. The molecule has 0 saturated carbocycles. The first-order chi connectivity index (χ1) is 13.0. The Labute approximate surface area is 157 Å². The van der Waals surface area contributed by atoms with Crippen LogP contribution in [0.1, 0.15) is 0 Å². The van der Waals surface area contributed by atoms with Gasteiger partial charge in [0.1, 0.15) is 0 Å². The molecule has 4 rings (SSSR count). The van der Waals surface area contributed by atoms with Crippen molar-refractivity contribution in [2.24, 2.45) is 4.40 Å². The van der Waals surface area contributed by atoms with E-state index in [9.17, 15) is 13.2 Å². The van der Waals surface area contributed by atoms with E-state index in [1.165, 1.54) is 0 Å². The molecule has 3 aliphatic rings. The first-order valence-corrected chi connectivity index (χ1v) is 10.3. The van der Waals surface area contributed by atoms with Gasteiger partial charge in [0, 0.05) is 37.2 Å². The molecule has 0 aliphatic carbocycles. The van der Waals surface area contributed by atoms with E-state index in [-0.39, 0.29) is 29.6 Å². The van der Waals surface area contributed by atoms with Gasteiger partial charge in [0.25, 0.3) is 15.9 Å². The van der Waals surface area contributed by atoms with Crippen molar-refractivity contribution in [2.45, 2.75) is 0 Å². The summed E-state index contributed by atoms with van der Waals surface area (Å²) >= 11 is 0. The minimum Gasteiger partial charge on any atom is -0.378 e. The molecule has 0 bridgehead atoms. The average Bonchev–Trinajstić information content (AvgIpc) is 2.68. The number of morpholine rings is 1. The molecule has 1 saturated heterocycles. The van der Waals surface area contributed by atoms with Crippen molar-refractivity contribution in [3.05, 3.63) is 48.2 Å². The van der Waals surface area contributed by atoms with Crippen LogP contribution in [-0.4, -0.2) is 63.7 Å². The quantitative estimate of drug-likeness (QED) is 0.829. The zero-order valence-electron chi connectivity index (χ0n) is 14.7. The summed E-state index contributed by atoms with van der Waals surface area (Å²) in [7, 11) is -3.53. The normalized spacial score (nSPS) is 21.2. The maximum atomic E-state index is 12.7. The molecule has 142 valence electrons. The fraction of sp³-hybridized carbons (Fsp3) is 0.333. The standard InChI is InChI=1S/C18H20N4O4S/c23-18(16-2-1-7-22-10-13-27(24,25)20-17(16)22)19-14-3-5-15(6-4-14)21-8-11-26-12-9-21/h1-7H,8-13H2,(H,19,23). The predicted octanol–water partition coefficient (Wildman–Crippen LogP) is 0.959. The SMILES string of the molecule is O=C(Nc1ccc(N2CCOCC2)cc1)C1=CC=CN2CCS(=O)(=O)N=C12. The fourth-order valence-electron chi connectivity index (χ4n) is 3.17. The van der Waals surface area contributed by atoms with Crippen LogP contribution in [-0.2, 0) is 19.6 Å². The third-order valence-electron chi connectivity index (χ3n) is 4.60. The largest absolute Gasteiger partial charge is 0.378 e. The number of hydrogen-bond acceptors (Lipinski definition) is 6. The van der Waals surface area contributed by atoms with E-state index in [4.69, 9.17) is 4.74 Å². The lowest BCUT2D eigenvalue weighted by atomic mass is 10.1. The molecule has 1 aromatic rings. The monoisotopic (exact) mass is 388 g/mol. The highest BCUT2D eigenvalue weighted by Gasteiger charge is 2.30. The summed E-state index contributed by atoms with van der Waals surface area (Å²) in [5.41, 5.74) is 1.95. The molecule has 0 spiro atoms. The van der Waals surface area contributed by atoms with E-state index in [0.717, 1.165) is 18.8 Å². The summed E-state index contributed by atoms with van der Waals surface area (Å²) in [6.07, 6.45) is 5.02. The lowest BCUT2D eigenvalue weighted by Gasteiger charge is -2.29. The van der Waals surface area contributed by atoms with E-state index < -0.39 is 10.0 Å². The Morgan fingerprint density at radius 1 is 1.11 bits per heavy atom. The number of amides is 1. The molecule has 1 N–H and O–H groups in total. The molecule has 1 aromatic carbocycles. The first-order valence-electron chi connectivity index (χ1n) is 8.74. The number of nitrogens with zero attached hydrogens (tertiary/aromatic N) is 3. The predicted molar refractivity (Wildman–Crippen MR) is 103 cm³/mol. The molecular formula is C18H20N4O4S. The third-order valence-corrected chi connectivity index (χ3v) is 5.75. The molecule has 3 aliphatic heterocycles. The van der Waals surface area contributed by atoms with E-state index >= 15 is 0 Å². The Bertz CT molecular complexity index is 929. The Balaban J connectivity index is 1.49. The van der Waals surface area contributed by atoms with Gasteiger partial charge in [-0.05, 0) is 36.4 Å². The zero-order valence-corrected chi connectivity index (χ0v) is 15.5. The van der Waals surface area contributed by atoms with Gasteiger partial charge in [0.15, 0.2) is 5.84 Å². The number of amidine groups is 1. The van der Waals surface area contributed by atoms with Gasteiger partial charge >= 0.3 is 0 Å². The Morgan fingerprint density at radius 2 is 1.85 bits per heavy atom. The number of allylic oxidation sites excluding steroid dienone is 2. The van der Waals surface area contributed by atoms with Crippen LogP contribution in [0.5, 0.6) is 0 Å². The minimum absolute atomic E-state index is 0.0568. The Morgan fingerprint density at radius 3 is 2.59 bits per heavy atom. The molecule has 0 aromatic heterocycles. The fourth-order valence-corrected chi connectivity index (χ4v) is 4.15. The summed E-state index contributed by atoms with van der Waals surface area (Å²) in [6.45, 7) is 3.39. The maximum absolute atomic E-state index is 12.7. The summed E-state index contributed by atoms with van der Waals surface area (Å²) in [5.74, 6) is -0.274. The Hall–Kier alpha value is -2.65. The first kappa shape index (κ1) is 17.7. The molecule has 8 nitrogen and oxygen atoms in total. The van der Waals surface area contributed by atoms with Gasteiger partial charge < -0.3 is 19.9 Å². The maximum Gasteiger partial charge on any atom is 0.259 e. The van der Waals surface area contributed by atoms with Crippen molar-refractivity contribution in [1.29, 1.82) is 0 Å². The molecule has 27 heavy (non-hydrogen) atoms. The van der Waals surface area contributed by atoms with Crippen LogP contribution in [0, 0.1) is 0 Å². The van der Waals surface area contributed by atoms with Crippen LogP contribution >= 0.6 is 0 Å². The lowest BCUT2D eigenvalue weighted by Crippen LogP contribution is -2.40. The highest BCUT2D eigenvalue weighted by Crippen LogP contribution is 2.22. The molecule has 0 atom stereocenters. The van der Waals surface area contributed by atoms with E-state index in [1.807, 2.05) is 24.3 Å². The Kier molecular flexibility index (Phi) is 4.71. The number of ether oxygens (including phenoxy) is 1. The van der Waals surface area contributed by atoms with Crippen LogP contribution in [0.25, 0.3) is 0 Å². The molecule has 3 heterocycles. The molecule has 0 unspecified atom stereocenters. The molecular weight excluding hydrogens is 368 g/mol. The number of carbonyl (C=O) groups excluding carboxylic acids is 1. The van der Waals surface area contributed by atoms with E-state index in [0.29, 0.717) is 18.9 Å². The van der Waals surface area contributed by atoms with Gasteiger partial charge in [-0.1, -0.05) is 0 Å². The van der Waals surface area contributed by atoms with Gasteiger partial charge in [0.05, 0.1) is 24.5 Å². The second-order valence-corrected chi connectivity index (χ2v) is 8.17. The molecule has 1 fully saturated rings. The summed E-state index contributed by atoms with van der Waals surface area (Å²) in [6, 6.07) is 7.56. The molecule has 0 radical (unpaired) electrons. The number of nitrogens with one attached hydrogen (secondary N) is 1. The smallest absolute Gasteiger partial charge is 0.259 e. The van der Waals surface area contributed by atoms with Crippen molar-refractivity contribution in [3.63, 3.8) is 0 Å². The van der Waals surface area contributed by atoms with Gasteiger partial charge in [-0.15, -0.1) is 4.40 Å². The van der Waals surface area contributed by atoms with Crippen molar-refractivity contribution in [1.82, 2.24) is 4.90 Å². The summed E-state index contributed by atoms with van der Waals surface area (Å²) in [4.78, 5) is 16.6.